The summed E-state index contributed by atoms with van der Waals surface area (Å²) in [7, 11) is 2.15. The summed E-state index contributed by atoms with van der Waals surface area (Å²) in [6, 6.07) is 7.81. The van der Waals surface area contributed by atoms with Crippen LogP contribution in [0.2, 0.25) is 0 Å². The Labute approximate surface area is 126 Å². The number of hydrogen-bond acceptors (Lipinski definition) is 4. The van der Waals surface area contributed by atoms with E-state index in [0.717, 1.165) is 32.7 Å². The Morgan fingerprint density at radius 1 is 1.29 bits per heavy atom. The van der Waals surface area contributed by atoms with Gasteiger partial charge in [0.25, 0.3) is 5.91 Å². The normalized spacial score (nSPS) is 16.9. The van der Waals surface area contributed by atoms with Crippen molar-refractivity contribution in [1.82, 2.24) is 15.1 Å². The molecule has 2 N–H and O–H groups in total. The molecule has 0 atom stereocenters. The lowest BCUT2D eigenvalue weighted by Crippen LogP contribution is -2.43. The highest BCUT2D eigenvalue weighted by Crippen LogP contribution is 2.10. The zero-order valence-electron chi connectivity index (χ0n) is 12.7. The van der Waals surface area contributed by atoms with Crippen LogP contribution < -0.4 is 5.32 Å². The minimum Gasteiger partial charge on any atom is -0.396 e. The van der Waals surface area contributed by atoms with Gasteiger partial charge in [-0.15, -0.1) is 0 Å². The number of amides is 1. The van der Waals surface area contributed by atoms with Crippen molar-refractivity contribution in [2.75, 3.05) is 46.4 Å². The smallest absolute Gasteiger partial charge is 0.251 e. The fourth-order valence-corrected chi connectivity index (χ4v) is 2.46. The summed E-state index contributed by atoms with van der Waals surface area (Å²) in [5, 5.41) is 11.6. The van der Waals surface area contributed by atoms with Crippen LogP contribution in [0.25, 0.3) is 0 Å². The summed E-state index contributed by atoms with van der Waals surface area (Å²) in [4.78, 5) is 16.7. The molecule has 21 heavy (non-hydrogen) atoms. The molecule has 1 heterocycles. The van der Waals surface area contributed by atoms with Crippen molar-refractivity contribution < 1.29 is 9.90 Å². The van der Waals surface area contributed by atoms with E-state index in [1.807, 2.05) is 18.2 Å². The molecular weight excluding hydrogens is 266 g/mol. The van der Waals surface area contributed by atoms with Crippen LogP contribution in [-0.4, -0.2) is 67.2 Å². The summed E-state index contributed by atoms with van der Waals surface area (Å²) in [5.74, 6) is -0.0660. The lowest BCUT2D eigenvalue weighted by atomic mass is 10.1. The van der Waals surface area contributed by atoms with Crippen molar-refractivity contribution in [3.05, 3.63) is 35.4 Å². The van der Waals surface area contributed by atoms with E-state index >= 15 is 0 Å². The molecule has 0 aliphatic carbocycles. The third-order valence-corrected chi connectivity index (χ3v) is 3.81. The van der Waals surface area contributed by atoms with Gasteiger partial charge in [-0.2, -0.15) is 0 Å². The van der Waals surface area contributed by atoms with E-state index in [0.29, 0.717) is 18.5 Å². The highest BCUT2D eigenvalue weighted by atomic mass is 16.3. The Kier molecular flexibility index (Phi) is 6.17. The molecule has 0 radical (unpaired) electrons. The molecule has 116 valence electrons. The molecule has 0 bridgehead atoms. The van der Waals surface area contributed by atoms with E-state index in [4.69, 9.17) is 5.11 Å². The number of likely N-dealkylation sites (N-methyl/N-ethyl adjacent to an activating group) is 1. The lowest BCUT2D eigenvalue weighted by Gasteiger charge is -2.32. The quantitative estimate of drug-likeness (QED) is 0.752. The summed E-state index contributed by atoms with van der Waals surface area (Å²) in [5.41, 5.74) is 1.87. The molecule has 0 unspecified atom stereocenters. The maximum atomic E-state index is 12.0. The van der Waals surface area contributed by atoms with Crippen LogP contribution in [-0.2, 0) is 6.54 Å². The Hall–Kier alpha value is -1.43. The maximum absolute atomic E-state index is 12.0. The fraction of sp³-hybridized carbons (Fsp3) is 0.562. The monoisotopic (exact) mass is 291 g/mol. The number of rotatable bonds is 6. The summed E-state index contributed by atoms with van der Waals surface area (Å²) < 4.78 is 0. The van der Waals surface area contributed by atoms with E-state index in [1.165, 1.54) is 5.56 Å². The predicted molar refractivity (Wildman–Crippen MR) is 83.3 cm³/mol. The van der Waals surface area contributed by atoms with Gasteiger partial charge in [0.05, 0.1) is 0 Å². The molecule has 1 aliphatic rings. The van der Waals surface area contributed by atoms with E-state index in [2.05, 4.69) is 28.2 Å². The first-order valence-corrected chi connectivity index (χ1v) is 7.58. The molecule has 1 aromatic rings. The number of nitrogens with zero attached hydrogens (tertiary/aromatic N) is 2. The van der Waals surface area contributed by atoms with Crippen LogP contribution in [0.3, 0.4) is 0 Å². The first kappa shape index (κ1) is 15.9. The molecule has 0 saturated carbocycles. The molecule has 1 saturated heterocycles. The zero-order chi connectivity index (χ0) is 15.1. The molecule has 1 aromatic carbocycles. The molecule has 5 nitrogen and oxygen atoms in total. The van der Waals surface area contributed by atoms with Crippen LogP contribution in [0.15, 0.2) is 24.3 Å². The van der Waals surface area contributed by atoms with Crippen molar-refractivity contribution >= 4 is 5.91 Å². The predicted octanol–water partition coefficient (Wildman–Crippen LogP) is 0.546. The molecule has 2 rings (SSSR count). The van der Waals surface area contributed by atoms with Gasteiger partial charge in [-0.25, -0.2) is 0 Å². The highest BCUT2D eigenvalue weighted by Gasteiger charge is 2.14. The van der Waals surface area contributed by atoms with Crippen molar-refractivity contribution in [3.8, 4) is 0 Å². The lowest BCUT2D eigenvalue weighted by molar-refractivity contribution is 0.0951. The highest BCUT2D eigenvalue weighted by molar-refractivity contribution is 5.94. The third-order valence-electron chi connectivity index (χ3n) is 3.81. The molecule has 0 spiro atoms. The van der Waals surface area contributed by atoms with E-state index < -0.39 is 0 Å². The van der Waals surface area contributed by atoms with E-state index in [1.54, 1.807) is 0 Å². The second-order valence-electron chi connectivity index (χ2n) is 5.61. The molecule has 5 heteroatoms. The second-order valence-corrected chi connectivity index (χ2v) is 5.61. The first-order chi connectivity index (χ1) is 10.2. The van der Waals surface area contributed by atoms with E-state index in [9.17, 15) is 4.79 Å². The van der Waals surface area contributed by atoms with Crippen LogP contribution in [0.1, 0.15) is 22.3 Å². The van der Waals surface area contributed by atoms with Gasteiger partial charge in [-0.3, -0.25) is 9.69 Å². The molecule has 1 aliphatic heterocycles. The van der Waals surface area contributed by atoms with Gasteiger partial charge in [0, 0.05) is 51.4 Å². The first-order valence-electron chi connectivity index (χ1n) is 7.58. The second kappa shape index (κ2) is 8.12. The number of hydrogen-bond donors (Lipinski definition) is 2. The number of aliphatic hydroxyl groups is 1. The van der Waals surface area contributed by atoms with Crippen molar-refractivity contribution in [3.63, 3.8) is 0 Å². The molecule has 1 fully saturated rings. The average Bonchev–Trinajstić information content (AvgIpc) is 2.50. The van der Waals surface area contributed by atoms with Gasteiger partial charge in [0.15, 0.2) is 0 Å². The third kappa shape index (κ3) is 5.12. The van der Waals surface area contributed by atoms with Crippen molar-refractivity contribution in [1.29, 1.82) is 0 Å². The van der Waals surface area contributed by atoms with Gasteiger partial charge in [-0.1, -0.05) is 12.1 Å². The minimum absolute atomic E-state index is 0.0660. The summed E-state index contributed by atoms with van der Waals surface area (Å²) >= 11 is 0. The largest absolute Gasteiger partial charge is 0.396 e. The van der Waals surface area contributed by atoms with Gasteiger partial charge in [-0.05, 0) is 31.2 Å². The van der Waals surface area contributed by atoms with Crippen LogP contribution in [0.4, 0.5) is 0 Å². The topological polar surface area (TPSA) is 55.8 Å². The van der Waals surface area contributed by atoms with Crippen molar-refractivity contribution in [2.24, 2.45) is 0 Å². The standard InChI is InChI=1S/C16H25N3O2/c1-18-7-9-19(10-8-18)13-14-4-2-5-15(12-14)16(21)17-6-3-11-20/h2,4-5,12,20H,3,6-11,13H2,1H3,(H,17,21). The number of piperazine rings is 1. The number of aliphatic hydroxyl groups excluding tert-OH is 1. The van der Waals surface area contributed by atoms with Gasteiger partial charge in [0.1, 0.15) is 0 Å². The van der Waals surface area contributed by atoms with Gasteiger partial charge >= 0.3 is 0 Å². The summed E-state index contributed by atoms with van der Waals surface area (Å²) in [6.45, 7) is 5.85. The van der Waals surface area contributed by atoms with Crippen LogP contribution in [0.5, 0.6) is 0 Å². The van der Waals surface area contributed by atoms with Crippen molar-refractivity contribution in [2.45, 2.75) is 13.0 Å². The molecular formula is C16H25N3O2. The Morgan fingerprint density at radius 3 is 2.76 bits per heavy atom. The SMILES string of the molecule is CN1CCN(Cc2cccc(C(=O)NCCCO)c2)CC1. The van der Waals surface area contributed by atoms with Gasteiger partial charge < -0.3 is 15.3 Å². The average molecular weight is 291 g/mol. The number of carbonyl (C=O) groups is 1. The Bertz CT molecular complexity index is 457. The zero-order valence-corrected chi connectivity index (χ0v) is 12.7. The van der Waals surface area contributed by atoms with Gasteiger partial charge in [0.2, 0.25) is 0 Å². The number of nitrogens with one attached hydrogen (secondary N) is 1. The Balaban J connectivity index is 1.89. The van der Waals surface area contributed by atoms with E-state index in [-0.39, 0.29) is 12.5 Å². The van der Waals surface area contributed by atoms with Crippen LogP contribution >= 0.6 is 0 Å². The number of benzene rings is 1. The summed E-state index contributed by atoms with van der Waals surface area (Å²) in [6.07, 6.45) is 0.590. The number of carbonyl (C=O) groups excluding carboxylic acids is 1. The van der Waals surface area contributed by atoms with Crippen LogP contribution in [0, 0.1) is 0 Å². The maximum Gasteiger partial charge on any atom is 0.251 e. The molecule has 0 aromatic heterocycles. The molecule has 1 amide bonds. The minimum atomic E-state index is -0.0660. The fourth-order valence-electron chi connectivity index (χ4n) is 2.46. The Morgan fingerprint density at radius 2 is 2.05 bits per heavy atom.